The molecule has 1 saturated heterocycles. The van der Waals surface area contributed by atoms with E-state index in [1.165, 1.54) is 18.2 Å². The fourth-order valence-electron chi connectivity index (χ4n) is 2.59. The van der Waals surface area contributed by atoms with E-state index in [-0.39, 0.29) is 9.92 Å². The van der Waals surface area contributed by atoms with Crippen LogP contribution in [0.3, 0.4) is 0 Å². The lowest BCUT2D eigenvalue weighted by molar-refractivity contribution is 0.222. The van der Waals surface area contributed by atoms with E-state index in [1.807, 2.05) is 0 Å². The highest BCUT2D eigenvalue weighted by Gasteiger charge is 2.31. The number of sulfonamides is 1. The summed E-state index contributed by atoms with van der Waals surface area (Å²) >= 11 is 11.7. The van der Waals surface area contributed by atoms with Gasteiger partial charge in [-0.25, -0.2) is 8.42 Å². The normalized spacial score (nSPS) is 25.5. The summed E-state index contributed by atoms with van der Waals surface area (Å²) in [4.78, 5) is 0.211. The molecule has 19 heavy (non-hydrogen) atoms. The van der Waals surface area contributed by atoms with Crippen molar-refractivity contribution in [3.8, 4) is 0 Å². The third kappa shape index (κ3) is 3.24. The molecule has 0 saturated carbocycles. The molecule has 1 aromatic carbocycles. The summed E-state index contributed by atoms with van der Waals surface area (Å²) in [6.07, 6.45) is 1.06. The Morgan fingerprint density at radius 2 is 1.68 bits per heavy atom. The Morgan fingerprint density at radius 1 is 1.11 bits per heavy atom. The zero-order valence-corrected chi connectivity index (χ0v) is 13.3. The van der Waals surface area contributed by atoms with Gasteiger partial charge in [-0.15, -0.1) is 0 Å². The number of nitrogens with zero attached hydrogens (tertiary/aromatic N) is 1. The molecule has 3 nitrogen and oxygen atoms in total. The second kappa shape index (κ2) is 5.60. The summed E-state index contributed by atoms with van der Waals surface area (Å²) < 4.78 is 26.7. The topological polar surface area (TPSA) is 37.4 Å². The maximum atomic E-state index is 12.6. The van der Waals surface area contributed by atoms with Crippen molar-refractivity contribution in [3.05, 3.63) is 28.2 Å². The van der Waals surface area contributed by atoms with Crippen molar-refractivity contribution in [1.82, 2.24) is 4.31 Å². The molecule has 1 aliphatic heterocycles. The molecular weight excluding hydrogens is 305 g/mol. The van der Waals surface area contributed by atoms with E-state index < -0.39 is 10.0 Å². The summed E-state index contributed by atoms with van der Waals surface area (Å²) in [7, 11) is -3.48. The van der Waals surface area contributed by atoms with Crippen LogP contribution in [0, 0.1) is 11.8 Å². The van der Waals surface area contributed by atoms with Crippen LogP contribution in [0.1, 0.15) is 20.3 Å². The van der Waals surface area contributed by atoms with Crippen LogP contribution in [0.5, 0.6) is 0 Å². The second-order valence-electron chi connectivity index (χ2n) is 5.34. The Kier molecular flexibility index (Phi) is 4.45. The standard InChI is InChI=1S/C13H17Cl2NO2S/c1-9-5-10(2)8-16(7-9)19(17,18)11-3-4-12(14)13(15)6-11/h3-4,6,9-10H,5,7-8H2,1-2H3. The zero-order chi connectivity index (χ0) is 14.2. The van der Waals surface area contributed by atoms with Gasteiger partial charge in [-0.2, -0.15) is 4.31 Å². The van der Waals surface area contributed by atoms with Gasteiger partial charge in [0.1, 0.15) is 0 Å². The SMILES string of the molecule is CC1CC(C)CN(S(=O)(=O)c2ccc(Cl)c(Cl)c2)C1. The quantitative estimate of drug-likeness (QED) is 0.833. The fourth-order valence-corrected chi connectivity index (χ4v) is 4.66. The summed E-state index contributed by atoms with van der Waals surface area (Å²) in [5.74, 6) is 0.752. The van der Waals surface area contributed by atoms with E-state index in [4.69, 9.17) is 23.2 Å². The summed E-state index contributed by atoms with van der Waals surface area (Å²) in [6, 6.07) is 4.45. The van der Waals surface area contributed by atoms with Crippen LogP contribution in [0.4, 0.5) is 0 Å². The average molecular weight is 322 g/mol. The van der Waals surface area contributed by atoms with Crippen molar-refractivity contribution in [2.45, 2.75) is 25.2 Å². The lowest BCUT2D eigenvalue weighted by Crippen LogP contribution is -2.42. The number of halogens is 2. The van der Waals surface area contributed by atoms with Crippen LogP contribution in [-0.2, 0) is 10.0 Å². The van der Waals surface area contributed by atoms with Crippen molar-refractivity contribution in [2.24, 2.45) is 11.8 Å². The van der Waals surface area contributed by atoms with Crippen LogP contribution in [0.15, 0.2) is 23.1 Å². The first kappa shape index (κ1) is 15.1. The van der Waals surface area contributed by atoms with Gasteiger partial charge in [0.15, 0.2) is 0 Å². The maximum absolute atomic E-state index is 12.6. The highest BCUT2D eigenvalue weighted by atomic mass is 35.5. The molecule has 2 rings (SSSR count). The predicted molar refractivity (Wildman–Crippen MR) is 78.2 cm³/mol. The highest BCUT2D eigenvalue weighted by molar-refractivity contribution is 7.89. The molecule has 0 aromatic heterocycles. The van der Waals surface area contributed by atoms with Gasteiger partial charge in [0.05, 0.1) is 14.9 Å². The van der Waals surface area contributed by atoms with E-state index in [9.17, 15) is 8.42 Å². The monoisotopic (exact) mass is 321 g/mol. The molecule has 106 valence electrons. The molecule has 6 heteroatoms. The molecule has 2 atom stereocenters. The lowest BCUT2D eigenvalue weighted by Gasteiger charge is -2.34. The van der Waals surface area contributed by atoms with Crippen molar-refractivity contribution >= 4 is 33.2 Å². The number of hydrogen-bond donors (Lipinski definition) is 0. The van der Waals surface area contributed by atoms with Crippen molar-refractivity contribution in [3.63, 3.8) is 0 Å². The van der Waals surface area contributed by atoms with E-state index in [1.54, 1.807) is 4.31 Å². The molecule has 1 aliphatic rings. The highest BCUT2D eigenvalue weighted by Crippen LogP contribution is 2.30. The number of rotatable bonds is 2. The zero-order valence-electron chi connectivity index (χ0n) is 10.9. The van der Waals surface area contributed by atoms with Gasteiger partial charge in [0.25, 0.3) is 0 Å². The molecule has 0 radical (unpaired) electrons. The number of benzene rings is 1. The van der Waals surface area contributed by atoms with Crippen LogP contribution in [0.25, 0.3) is 0 Å². The first-order valence-corrected chi connectivity index (χ1v) is 8.45. The minimum Gasteiger partial charge on any atom is -0.207 e. The van der Waals surface area contributed by atoms with Crippen LogP contribution < -0.4 is 0 Å². The molecular formula is C13H17Cl2NO2S. The molecule has 0 aliphatic carbocycles. The Labute approximate surface area is 124 Å². The van der Waals surface area contributed by atoms with Gasteiger partial charge < -0.3 is 0 Å². The van der Waals surface area contributed by atoms with E-state index >= 15 is 0 Å². The minimum absolute atomic E-state index is 0.211. The Morgan fingerprint density at radius 3 is 2.21 bits per heavy atom. The van der Waals surface area contributed by atoms with Gasteiger partial charge in [-0.05, 0) is 36.5 Å². The van der Waals surface area contributed by atoms with Crippen LogP contribution in [0.2, 0.25) is 10.0 Å². The van der Waals surface area contributed by atoms with E-state index in [0.29, 0.717) is 29.9 Å². The third-order valence-electron chi connectivity index (χ3n) is 3.36. The first-order valence-electron chi connectivity index (χ1n) is 6.26. The van der Waals surface area contributed by atoms with Crippen LogP contribution in [-0.4, -0.2) is 25.8 Å². The van der Waals surface area contributed by atoms with Crippen LogP contribution >= 0.6 is 23.2 Å². The van der Waals surface area contributed by atoms with Crippen molar-refractivity contribution < 1.29 is 8.42 Å². The van der Waals surface area contributed by atoms with Gasteiger partial charge in [0.2, 0.25) is 10.0 Å². The Bertz CT molecular complexity index is 564. The minimum atomic E-state index is -3.48. The molecule has 0 N–H and O–H groups in total. The summed E-state index contributed by atoms with van der Waals surface area (Å²) in [5.41, 5.74) is 0. The molecule has 0 amide bonds. The molecule has 1 aromatic rings. The lowest BCUT2D eigenvalue weighted by atomic mass is 9.94. The van der Waals surface area contributed by atoms with Crippen molar-refractivity contribution in [1.29, 1.82) is 0 Å². The maximum Gasteiger partial charge on any atom is 0.243 e. The Balaban J connectivity index is 2.33. The van der Waals surface area contributed by atoms with Gasteiger partial charge in [-0.1, -0.05) is 37.0 Å². The Hall–Kier alpha value is -0.290. The van der Waals surface area contributed by atoms with E-state index in [2.05, 4.69) is 13.8 Å². The molecule has 0 bridgehead atoms. The predicted octanol–water partition coefficient (Wildman–Crippen LogP) is 3.66. The molecule has 1 heterocycles. The molecule has 2 unspecified atom stereocenters. The fraction of sp³-hybridized carbons (Fsp3) is 0.538. The summed E-state index contributed by atoms with van der Waals surface area (Å²) in [6.45, 7) is 5.28. The second-order valence-corrected chi connectivity index (χ2v) is 8.10. The molecule has 1 fully saturated rings. The van der Waals surface area contributed by atoms with E-state index in [0.717, 1.165) is 6.42 Å². The third-order valence-corrected chi connectivity index (χ3v) is 5.93. The largest absolute Gasteiger partial charge is 0.243 e. The van der Waals surface area contributed by atoms with Gasteiger partial charge in [-0.3, -0.25) is 0 Å². The average Bonchev–Trinajstić information content (AvgIpc) is 2.31. The number of hydrogen-bond acceptors (Lipinski definition) is 2. The van der Waals surface area contributed by atoms with Crippen molar-refractivity contribution in [2.75, 3.05) is 13.1 Å². The first-order chi connectivity index (χ1) is 8.80. The number of piperidine rings is 1. The summed E-state index contributed by atoms with van der Waals surface area (Å²) in [5, 5.41) is 0.627. The van der Waals surface area contributed by atoms with Gasteiger partial charge >= 0.3 is 0 Å². The van der Waals surface area contributed by atoms with Gasteiger partial charge in [0, 0.05) is 13.1 Å². The smallest absolute Gasteiger partial charge is 0.207 e. The molecule has 0 spiro atoms.